The molecular weight excluding hydrogens is 223 g/mol. The Kier molecular flexibility index (Phi) is 9.33. The van der Waals surface area contributed by atoms with Crippen molar-refractivity contribution in [1.82, 2.24) is 0 Å². The highest BCUT2D eigenvalue weighted by Crippen LogP contribution is 2.05. The highest BCUT2D eigenvalue weighted by Gasteiger charge is 1.99. The normalized spacial score (nSPS) is 18.0. The summed E-state index contributed by atoms with van der Waals surface area (Å²) in [5.41, 5.74) is 0. The summed E-state index contributed by atoms with van der Waals surface area (Å²) < 4.78 is 0. The summed E-state index contributed by atoms with van der Waals surface area (Å²) in [6.07, 6.45) is 0. The van der Waals surface area contributed by atoms with Crippen molar-refractivity contribution in [2.24, 2.45) is 0 Å². The molecule has 0 aromatic heterocycles. The van der Waals surface area contributed by atoms with E-state index in [0.717, 1.165) is 0 Å². The Morgan fingerprint density at radius 3 is 1.50 bits per heavy atom. The molecule has 0 radical (unpaired) electrons. The first-order valence-corrected chi connectivity index (χ1v) is 9.78. The van der Waals surface area contributed by atoms with Gasteiger partial charge in [-0.1, -0.05) is 12.1 Å². The zero-order valence-corrected chi connectivity index (χ0v) is 12.5. The Balaban J connectivity index is 2.91. The van der Waals surface area contributed by atoms with Gasteiger partial charge >= 0.3 is 0 Å². The van der Waals surface area contributed by atoms with E-state index in [1.807, 2.05) is 0 Å². The standard InChI is InChI=1S/C8H20Cl2Si2/c1-7(9)5-11-3-4-12-6-8(2)10/h7-8H,3-6,11-12H2,1-2H3. The maximum atomic E-state index is 5.87. The lowest BCUT2D eigenvalue weighted by Gasteiger charge is -2.02. The molecule has 0 amide bonds. The van der Waals surface area contributed by atoms with E-state index in [1.54, 1.807) is 0 Å². The molecule has 0 bridgehead atoms. The minimum absolute atomic E-state index is 0.179. The van der Waals surface area contributed by atoms with E-state index in [1.165, 1.54) is 24.2 Å². The van der Waals surface area contributed by atoms with E-state index < -0.39 is 0 Å². The largest absolute Gasteiger partial charge is 0.124 e. The van der Waals surface area contributed by atoms with Crippen LogP contribution < -0.4 is 0 Å². The van der Waals surface area contributed by atoms with Crippen LogP contribution in [-0.4, -0.2) is 29.8 Å². The molecule has 0 aromatic rings. The molecule has 2 unspecified atom stereocenters. The van der Waals surface area contributed by atoms with Gasteiger partial charge in [0, 0.05) is 29.8 Å². The third-order valence-electron chi connectivity index (χ3n) is 1.95. The van der Waals surface area contributed by atoms with Gasteiger partial charge in [0.25, 0.3) is 0 Å². The SMILES string of the molecule is CC(Cl)C[SiH2]CC[SiH2]CC(C)Cl. The quantitative estimate of drug-likeness (QED) is 0.365. The highest BCUT2D eigenvalue weighted by molar-refractivity contribution is 6.44. The van der Waals surface area contributed by atoms with Crippen LogP contribution in [0.4, 0.5) is 0 Å². The molecule has 2 atom stereocenters. The van der Waals surface area contributed by atoms with E-state index in [9.17, 15) is 0 Å². The van der Waals surface area contributed by atoms with Crippen LogP contribution in [0, 0.1) is 0 Å². The smallest absolute Gasteiger partial charge is 0.0279 e. The van der Waals surface area contributed by atoms with Crippen LogP contribution in [0.2, 0.25) is 24.2 Å². The second-order valence-electron chi connectivity index (χ2n) is 3.55. The molecule has 12 heavy (non-hydrogen) atoms. The number of rotatable bonds is 7. The molecule has 0 aliphatic carbocycles. The van der Waals surface area contributed by atoms with Crippen molar-refractivity contribution in [3.63, 3.8) is 0 Å². The lowest BCUT2D eigenvalue weighted by atomic mass is 10.6. The lowest BCUT2D eigenvalue weighted by Crippen LogP contribution is -2.02. The van der Waals surface area contributed by atoms with Crippen LogP contribution in [0.25, 0.3) is 0 Å². The molecule has 0 N–H and O–H groups in total. The van der Waals surface area contributed by atoms with Gasteiger partial charge < -0.3 is 0 Å². The predicted molar refractivity (Wildman–Crippen MR) is 66.9 cm³/mol. The number of hydrogen-bond acceptors (Lipinski definition) is 0. The maximum absolute atomic E-state index is 5.87. The van der Waals surface area contributed by atoms with Gasteiger partial charge in [0.15, 0.2) is 0 Å². The van der Waals surface area contributed by atoms with Crippen LogP contribution in [0.1, 0.15) is 13.8 Å². The Morgan fingerprint density at radius 2 is 1.25 bits per heavy atom. The van der Waals surface area contributed by atoms with E-state index in [0.29, 0.717) is 10.8 Å². The fourth-order valence-corrected chi connectivity index (χ4v) is 6.66. The van der Waals surface area contributed by atoms with Gasteiger partial charge in [-0.25, -0.2) is 0 Å². The molecule has 0 spiro atoms. The Labute approximate surface area is 91.0 Å². The zero-order valence-electron chi connectivity index (χ0n) is 8.15. The monoisotopic (exact) mass is 242 g/mol. The van der Waals surface area contributed by atoms with Crippen molar-refractivity contribution in [1.29, 1.82) is 0 Å². The molecule has 74 valence electrons. The van der Waals surface area contributed by atoms with Crippen LogP contribution in [-0.2, 0) is 0 Å². The second-order valence-corrected chi connectivity index (χ2v) is 9.03. The molecular formula is C8H20Cl2Si2. The van der Waals surface area contributed by atoms with Crippen molar-refractivity contribution in [2.75, 3.05) is 0 Å². The van der Waals surface area contributed by atoms with Gasteiger partial charge in [0.05, 0.1) is 0 Å². The summed E-state index contributed by atoms with van der Waals surface area (Å²) in [5.74, 6) is 0. The van der Waals surface area contributed by atoms with Crippen LogP contribution >= 0.6 is 23.2 Å². The first-order valence-electron chi connectivity index (χ1n) is 4.91. The summed E-state index contributed by atoms with van der Waals surface area (Å²) >= 11 is 11.7. The lowest BCUT2D eigenvalue weighted by molar-refractivity contribution is 1.06. The molecule has 0 saturated carbocycles. The van der Waals surface area contributed by atoms with Gasteiger partial charge in [-0.15, -0.1) is 23.2 Å². The summed E-state index contributed by atoms with van der Waals surface area (Å²) in [4.78, 5) is 0. The van der Waals surface area contributed by atoms with E-state index in [-0.39, 0.29) is 19.0 Å². The van der Waals surface area contributed by atoms with Crippen LogP contribution in [0.5, 0.6) is 0 Å². The first kappa shape index (κ1) is 13.0. The predicted octanol–water partition coefficient (Wildman–Crippen LogP) is 2.25. The number of hydrogen-bond donors (Lipinski definition) is 0. The Morgan fingerprint density at radius 1 is 0.917 bits per heavy atom. The molecule has 0 aliphatic rings. The second kappa shape index (κ2) is 8.60. The average molecular weight is 243 g/mol. The minimum atomic E-state index is 0.179. The summed E-state index contributed by atoms with van der Waals surface area (Å²) in [7, 11) is 0.357. The van der Waals surface area contributed by atoms with Crippen LogP contribution in [0.15, 0.2) is 0 Å². The molecule has 0 rings (SSSR count). The van der Waals surface area contributed by atoms with Crippen molar-refractivity contribution >= 4 is 42.2 Å². The molecule has 0 aliphatic heterocycles. The van der Waals surface area contributed by atoms with Crippen molar-refractivity contribution < 1.29 is 0 Å². The molecule has 0 nitrogen and oxygen atoms in total. The minimum Gasteiger partial charge on any atom is -0.124 e. The third-order valence-corrected chi connectivity index (χ3v) is 8.67. The molecule has 0 aromatic carbocycles. The van der Waals surface area contributed by atoms with E-state index in [2.05, 4.69) is 13.8 Å². The fraction of sp³-hybridized carbons (Fsp3) is 1.00. The Bertz CT molecular complexity index is 85.1. The van der Waals surface area contributed by atoms with Crippen molar-refractivity contribution in [3.8, 4) is 0 Å². The van der Waals surface area contributed by atoms with E-state index in [4.69, 9.17) is 23.2 Å². The fourth-order valence-electron chi connectivity index (χ4n) is 1.20. The molecule has 0 fully saturated rings. The maximum Gasteiger partial charge on any atom is 0.0279 e. The van der Waals surface area contributed by atoms with Gasteiger partial charge in [0.2, 0.25) is 0 Å². The van der Waals surface area contributed by atoms with Crippen LogP contribution in [0.3, 0.4) is 0 Å². The van der Waals surface area contributed by atoms with E-state index >= 15 is 0 Å². The van der Waals surface area contributed by atoms with Gasteiger partial charge in [0.1, 0.15) is 0 Å². The first-order chi connectivity index (χ1) is 5.63. The van der Waals surface area contributed by atoms with Crippen molar-refractivity contribution in [2.45, 2.75) is 48.8 Å². The average Bonchev–Trinajstić information content (AvgIpc) is 1.95. The molecule has 4 heteroatoms. The summed E-state index contributed by atoms with van der Waals surface area (Å²) in [6, 6.07) is 5.64. The number of halogens is 2. The zero-order chi connectivity index (χ0) is 9.40. The summed E-state index contributed by atoms with van der Waals surface area (Å²) in [6.45, 7) is 4.21. The number of alkyl halides is 2. The highest BCUT2D eigenvalue weighted by atomic mass is 35.5. The Hall–Kier alpha value is 1.01. The molecule has 0 heterocycles. The van der Waals surface area contributed by atoms with Crippen molar-refractivity contribution in [3.05, 3.63) is 0 Å². The van der Waals surface area contributed by atoms with Gasteiger partial charge in [-0.2, -0.15) is 0 Å². The molecule has 0 saturated heterocycles. The van der Waals surface area contributed by atoms with Gasteiger partial charge in [-0.05, 0) is 25.9 Å². The summed E-state index contributed by atoms with van der Waals surface area (Å²) in [5, 5.41) is 0.843. The topological polar surface area (TPSA) is 0 Å². The third kappa shape index (κ3) is 11.0. The van der Waals surface area contributed by atoms with Gasteiger partial charge in [-0.3, -0.25) is 0 Å².